The highest BCUT2D eigenvalue weighted by Gasteiger charge is 2.36. The molecule has 1 aliphatic carbocycles. The van der Waals surface area contributed by atoms with Gasteiger partial charge in [0.05, 0.1) is 5.69 Å². The summed E-state index contributed by atoms with van der Waals surface area (Å²) in [5, 5.41) is 23.4. The standard InChI is InChI=1S/C20H24N2O2/c1-2-3-4-13-6-7-14-17(22-13)11-21-16-8-5-12-9-18(23)19(24)10-15(12)20(14)16/h6-7,9-10,16,20-21,23-24H,2-5,8,11H2,1H3/t16-,20-/m1/s1. The van der Waals surface area contributed by atoms with Crippen molar-refractivity contribution in [2.75, 3.05) is 0 Å². The lowest BCUT2D eigenvalue weighted by atomic mass is 9.73. The fraction of sp³-hybridized carbons (Fsp3) is 0.450. The van der Waals surface area contributed by atoms with Gasteiger partial charge in [-0.15, -0.1) is 0 Å². The number of unbranched alkanes of at least 4 members (excludes halogenated alkanes) is 1. The monoisotopic (exact) mass is 324 g/mol. The third kappa shape index (κ3) is 2.55. The number of aryl methyl sites for hydroxylation is 2. The van der Waals surface area contributed by atoms with Gasteiger partial charge in [-0.1, -0.05) is 19.4 Å². The quantitative estimate of drug-likeness (QED) is 0.757. The van der Waals surface area contributed by atoms with E-state index < -0.39 is 0 Å². The number of aromatic nitrogens is 1. The van der Waals surface area contributed by atoms with Gasteiger partial charge >= 0.3 is 0 Å². The molecule has 1 aromatic carbocycles. The van der Waals surface area contributed by atoms with Crippen LogP contribution in [0.15, 0.2) is 24.3 Å². The minimum absolute atomic E-state index is 0.0239. The highest BCUT2D eigenvalue weighted by Crippen LogP contribution is 2.43. The Morgan fingerprint density at radius 3 is 2.83 bits per heavy atom. The zero-order chi connectivity index (χ0) is 16.7. The molecule has 0 spiro atoms. The molecular weight excluding hydrogens is 300 g/mol. The highest BCUT2D eigenvalue weighted by molar-refractivity contribution is 5.52. The van der Waals surface area contributed by atoms with E-state index in [0.29, 0.717) is 6.04 Å². The Kier molecular flexibility index (Phi) is 3.93. The van der Waals surface area contributed by atoms with Gasteiger partial charge in [-0.25, -0.2) is 0 Å². The number of fused-ring (bicyclic) bond motifs is 5. The number of rotatable bonds is 3. The van der Waals surface area contributed by atoms with Crippen molar-refractivity contribution >= 4 is 0 Å². The summed E-state index contributed by atoms with van der Waals surface area (Å²) in [6, 6.07) is 8.22. The van der Waals surface area contributed by atoms with Crippen molar-refractivity contribution in [3.05, 3.63) is 52.3 Å². The summed E-state index contributed by atoms with van der Waals surface area (Å²) >= 11 is 0. The molecule has 0 bridgehead atoms. The van der Waals surface area contributed by atoms with Crippen LogP contribution in [0, 0.1) is 0 Å². The summed E-state index contributed by atoms with van der Waals surface area (Å²) < 4.78 is 0. The second-order valence-corrected chi connectivity index (χ2v) is 6.99. The summed E-state index contributed by atoms with van der Waals surface area (Å²) in [5.74, 6) is 0.148. The Bertz CT molecular complexity index is 772. The summed E-state index contributed by atoms with van der Waals surface area (Å²) in [6.45, 7) is 3.02. The van der Waals surface area contributed by atoms with Gasteiger partial charge in [0.25, 0.3) is 0 Å². The van der Waals surface area contributed by atoms with Crippen LogP contribution in [-0.2, 0) is 19.4 Å². The molecule has 0 saturated carbocycles. The molecule has 0 amide bonds. The fourth-order valence-electron chi connectivity index (χ4n) is 4.15. The lowest BCUT2D eigenvalue weighted by molar-refractivity contribution is 0.377. The molecule has 1 aliphatic heterocycles. The van der Waals surface area contributed by atoms with E-state index in [1.54, 1.807) is 12.1 Å². The van der Waals surface area contributed by atoms with Crippen LogP contribution >= 0.6 is 0 Å². The second kappa shape index (κ2) is 6.10. The third-order valence-electron chi connectivity index (χ3n) is 5.42. The van der Waals surface area contributed by atoms with Crippen molar-refractivity contribution in [1.29, 1.82) is 0 Å². The smallest absolute Gasteiger partial charge is 0.157 e. The van der Waals surface area contributed by atoms with E-state index in [9.17, 15) is 10.2 Å². The van der Waals surface area contributed by atoms with Gasteiger partial charge in [0.2, 0.25) is 0 Å². The summed E-state index contributed by atoms with van der Waals surface area (Å²) in [7, 11) is 0. The van der Waals surface area contributed by atoms with Crippen LogP contribution in [0.25, 0.3) is 0 Å². The van der Waals surface area contributed by atoms with Gasteiger partial charge in [0.1, 0.15) is 0 Å². The summed E-state index contributed by atoms with van der Waals surface area (Å²) in [6.07, 6.45) is 5.34. The largest absolute Gasteiger partial charge is 0.504 e. The molecule has 4 nitrogen and oxygen atoms in total. The average molecular weight is 324 g/mol. The number of pyridine rings is 1. The zero-order valence-electron chi connectivity index (χ0n) is 14.0. The molecule has 1 aromatic heterocycles. The van der Waals surface area contributed by atoms with Gasteiger partial charge in [0.15, 0.2) is 11.5 Å². The first-order chi connectivity index (χ1) is 11.7. The third-order valence-corrected chi connectivity index (χ3v) is 5.42. The van der Waals surface area contributed by atoms with Gasteiger partial charge in [-0.05, 0) is 60.6 Å². The molecule has 0 saturated heterocycles. The molecule has 2 aliphatic rings. The molecule has 4 rings (SSSR count). The molecule has 3 N–H and O–H groups in total. The van der Waals surface area contributed by atoms with Gasteiger partial charge in [-0.2, -0.15) is 0 Å². The first-order valence-electron chi connectivity index (χ1n) is 8.94. The van der Waals surface area contributed by atoms with Crippen LogP contribution in [0.4, 0.5) is 0 Å². The number of nitrogens with one attached hydrogen (secondary N) is 1. The molecule has 0 radical (unpaired) electrons. The summed E-state index contributed by atoms with van der Waals surface area (Å²) in [4.78, 5) is 4.88. The van der Waals surface area contributed by atoms with E-state index in [1.807, 2.05) is 0 Å². The van der Waals surface area contributed by atoms with Crippen molar-refractivity contribution in [1.82, 2.24) is 10.3 Å². The topological polar surface area (TPSA) is 65.4 Å². The molecule has 24 heavy (non-hydrogen) atoms. The molecule has 0 fully saturated rings. The van der Waals surface area contributed by atoms with Crippen molar-refractivity contribution in [3.8, 4) is 11.5 Å². The van der Waals surface area contributed by atoms with Crippen LogP contribution < -0.4 is 5.32 Å². The molecule has 2 aromatic rings. The Balaban J connectivity index is 1.76. The van der Waals surface area contributed by atoms with Crippen LogP contribution in [0.3, 0.4) is 0 Å². The van der Waals surface area contributed by atoms with Crippen LogP contribution in [0.5, 0.6) is 11.5 Å². The Hall–Kier alpha value is -2.07. The average Bonchev–Trinajstić information content (AvgIpc) is 2.60. The van der Waals surface area contributed by atoms with Crippen molar-refractivity contribution in [2.24, 2.45) is 0 Å². The van der Waals surface area contributed by atoms with E-state index >= 15 is 0 Å². The second-order valence-electron chi connectivity index (χ2n) is 6.99. The molecule has 2 heterocycles. The minimum Gasteiger partial charge on any atom is -0.504 e. The molecular formula is C20H24N2O2. The van der Waals surface area contributed by atoms with E-state index in [4.69, 9.17) is 4.98 Å². The van der Waals surface area contributed by atoms with E-state index in [0.717, 1.165) is 42.6 Å². The van der Waals surface area contributed by atoms with E-state index in [-0.39, 0.29) is 17.4 Å². The Morgan fingerprint density at radius 1 is 1.17 bits per heavy atom. The fourth-order valence-corrected chi connectivity index (χ4v) is 4.15. The maximum atomic E-state index is 9.97. The first kappa shape index (κ1) is 15.5. The summed E-state index contributed by atoms with van der Waals surface area (Å²) in [5.41, 5.74) is 5.82. The maximum Gasteiger partial charge on any atom is 0.157 e. The van der Waals surface area contributed by atoms with Gasteiger partial charge in [0, 0.05) is 24.2 Å². The van der Waals surface area contributed by atoms with Crippen LogP contribution in [0.1, 0.15) is 60.2 Å². The number of phenolic OH excluding ortho intramolecular Hbond substituents is 2. The number of benzene rings is 1. The van der Waals surface area contributed by atoms with E-state index in [2.05, 4.69) is 24.4 Å². The number of nitrogens with zero attached hydrogens (tertiary/aromatic N) is 1. The molecule has 2 atom stereocenters. The van der Waals surface area contributed by atoms with Crippen LogP contribution in [-0.4, -0.2) is 21.2 Å². The first-order valence-corrected chi connectivity index (χ1v) is 8.94. The number of aromatic hydroxyl groups is 2. The SMILES string of the molecule is CCCCc1ccc2c(n1)CN[C@@H]1CCc3cc(O)c(O)cc3[C@@H]21. The Labute approximate surface area is 142 Å². The van der Waals surface area contributed by atoms with Crippen LogP contribution in [0.2, 0.25) is 0 Å². The van der Waals surface area contributed by atoms with Crippen molar-refractivity contribution < 1.29 is 10.2 Å². The lowest BCUT2D eigenvalue weighted by Gasteiger charge is -2.39. The van der Waals surface area contributed by atoms with Gasteiger partial charge in [-0.3, -0.25) is 4.98 Å². The highest BCUT2D eigenvalue weighted by atomic mass is 16.3. The predicted molar refractivity (Wildman–Crippen MR) is 93.4 cm³/mol. The minimum atomic E-state index is -0.0333. The molecule has 0 unspecified atom stereocenters. The lowest BCUT2D eigenvalue weighted by Crippen LogP contribution is -2.43. The normalized spacial score (nSPS) is 21.7. The van der Waals surface area contributed by atoms with Crippen molar-refractivity contribution in [2.45, 2.75) is 57.5 Å². The van der Waals surface area contributed by atoms with Gasteiger partial charge < -0.3 is 15.5 Å². The number of phenols is 2. The number of hydrogen-bond donors (Lipinski definition) is 3. The zero-order valence-corrected chi connectivity index (χ0v) is 14.0. The molecule has 126 valence electrons. The van der Waals surface area contributed by atoms with Crippen molar-refractivity contribution in [3.63, 3.8) is 0 Å². The maximum absolute atomic E-state index is 9.97. The Morgan fingerprint density at radius 2 is 2.00 bits per heavy atom. The predicted octanol–water partition coefficient (Wildman–Crippen LogP) is 3.39. The number of hydrogen-bond acceptors (Lipinski definition) is 4. The molecule has 4 heteroatoms. The van der Waals surface area contributed by atoms with E-state index in [1.165, 1.54) is 24.1 Å².